The van der Waals surface area contributed by atoms with Crippen molar-refractivity contribution in [3.8, 4) is 5.75 Å². The highest BCUT2D eigenvalue weighted by Gasteiger charge is 2.34. The lowest BCUT2D eigenvalue weighted by Gasteiger charge is -2.20. The maximum atomic E-state index is 11.8. The van der Waals surface area contributed by atoms with Crippen LogP contribution in [0.25, 0.3) is 0 Å². The van der Waals surface area contributed by atoms with Gasteiger partial charge in [0.15, 0.2) is 9.84 Å². The highest BCUT2D eigenvalue weighted by atomic mass is 32.2. The first-order valence-electron chi connectivity index (χ1n) is 7.18. The lowest BCUT2D eigenvalue weighted by atomic mass is 10.2. The predicted molar refractivity (Wildman–Crippen MR) is 83.7 cm³/mol. The smallest absolute Gasteiger partial charge is 0.152 e. The number of benzene rings is 1. The lowest BCUT2D eigenvalue weighted by Crippen LogP contribution is -2.34. The topological polar surface area (TPSA) is 64.6 Å². The van der Waals surface area contributed by atoms with Crippen molar-refractivity contribution < 1.29 is 17.9 Å². The Morgan fingerprint density at radius 1 is 1.19 bits per heavy atom. The van der Waals surface area contributed by atoms with Crippen LogP contribution >= 0.6 is 0 Å². The van der Waals surface area contributed by atoms with Gasteiger partial charge in [0.05, 0.1) is 11.9 Å². The van der Waals surface area contributed by atoms with Gasteiger partial charge in [-0.25, -0.2) is 8.42 Å². The Hall–Kier alpha value is -1.27. The van der Waals surface area contributed by atoms with Crippen LogP contribution in [-0.2, 0) is 14.6 Å². The van der Waals surface area contributed by atoms with E-state index in [-0.39, 0.29) is 11.3 Å². The lowest BCUT2D eigenvalue weighted by molar-refractivity contribution is 0.146. The van der Waals surface area contributed by atoms with Gasteiger partial charge >= 0.3 is 0 Å². The Balaban J connectivity index is 1.94. The molecule has 21 heavy (non-hydrogen) atoms. The summed E-state index contributed by atoms with van der Waals surface area (Å²) < 4.78 is 33.9. The quantitative estimate of drug-likeness (QED) is 0.781. The zero-order chi connectivity index (χ0) is 15.3. The second-order valence-corrected chi connectivity index (χ2v) is 7.68. The van der Waals surface area contributed by atoms with Gasteiger partial charge in [-0.3, -0.25) is 0 Å². The Kier molecular flexibility index (Phi) is 5.47. The molecule has 1 aliphatic rings. The Labute approximate surface area is 126 Å². The standard InChI is InChI=1S/C15H23NO4S/c1-19-10-11-20-13-8-6-12(7-9-13)16-14-4-3-5-15(14)21(2,17)18/h6-9,14-16H,3-5,10-11H2,1-2H3. The fraction of sp³-hybridized carbons (Fsp3) is 0.600. The summed E-state index contributed by atoms with van der Waals surface area (Å²) in [6, 6.07) is 7.59. The summed E-state index contributed by atoms with van der Waals surface area (Å²) >= 11 is 0. The van der Waals surface area contributed by atoms with Crippen LogP contribution < -0.4 is 10.1 Å². The van der Waals surface area contributed by atoms with Gasteiger partial charge in [-0.2, -0.15) is 0 Å². The van der Waals surface area contributed by atoms with Gasteiger partial charge in [0.1, 0.15) is 12.4 Å². The molecule has 0 aliphatic heterocycles. The molecule has 0 bridgehead atoms. The highest BCUT2D eigenvalue weighted by molar-refractivity contribution is 7.91. The normalized spacial score (nSPS) is 22.2. The summed E-state index contributed by atoms with van der Waals surface area (Å²) in [5.41, 5.74) is 0.926. The zero-order valence-corrected chi connectivity index (χ0v) is 13.4. The van der Waals surface area contributed by atoms with Crippen molar-refractivity contribution in [1.29, 1.82) is 0 Å². The summed E-state index contributed by atoms with van der Waals surface area (Å²) in [4.78, 5) is 0. The number of hydrogen-bond donors (Lipinski definition) is 1. The van der Waals surface area contributed by atoms with Gasteiger partial charge in [-0.05, 0) is 43.5 Å². The molecule has 5 nitrogen and oxygen atoms in total. The van der Waals surface area contributed by atoms with E-state index in [9.17, 15) is 8.42 Å². The molecule has 0 aromatic heterocycles. The van der Waals surface area contributed by atoms with Gasteiger partial charge in [0, 0.05) is 25.1 Å². The van der Waals surface area contributed by atoms with E-state index in [1.165, 1.54) is 6.26 Å². The maximum Gasteiger partial charge on any atom is 0.152 e. The second-order valence-electron chi connectivity index (χ2n) is 5.42. The molecular weight excluding hydrogens is 290 g/mol. The van der Waals surface area contributed by atoms with E-state index in [0.717, 1.165) is 30.7 Å². The van der Waals surface area contributed by atoms with Gasteiger partial charge in [0.2, 0.25) is 0 Å². The molecule has 1 aromatic carbocycles. The van der Waals surface area contributed by atoms with Gasteiger partial charge in [0.25, 0.3) is 0 Å². The predicted octanol–water partition coefficient (Wildman–Crippen LogP) is 2.09. The van der Waals surface area contributed by atoms with E-state index in [4.69, 9.17) is 9.47 Å². The molecule has 2 unspecified atom stereocenters. The SMILES string of the molecule is COCCOc1ccc(NC2CCCC2S(C)(=O)=O)cc1. The molecule has 1 aliphatic carbocycles. The first-order valence-corrected chi connectivity index (χ1v) is 9.13. The monoisotopic (exact) mass is 313 g/mol. The van der Waals surface area contributed by atoms with Crippen LogP contribution in [0.4, 0.5) is 5.69 Å². The first-order chi connectivity index (χ1) is 10.0. The van der Waals surface area contributed by atoms with Gasteiger partial charge in [-0.15, -0.1) is 0 Å². The average molecular weight is 313 g/mol. The zero-order valence-electron chi connectivity index (χ0n) is 12.5. The molecule has 0 radical (unpaired) electrons. The van der Waals surface area contributed by atoms with Gasteiger partial charge < -0.3 is 14.8 Å². The van der Waals surface area contributed by atoms with Crippen molar-refractivity contribution in [2.75, 3.05) is 31.9 Å². The number of anilines is 1. The number of nitrogens with one attached hydrogen (secondary N) is 1. The van der Waals surface area contributed by atoms with E-state index in [1.807, 2.05) is 24.3 Å². The number of rotatable bonds is 7. The van der Waals surface area contributed by atoms with Crippen molar-refractivity contribution in [2.24, 2.45) is 0 Å². The van der Waals surface area contributed by atoms with Gasteiger partial charge in [-0.1, -0.05) is 0 Å². The summed E-state index contributed by atoms with van der Waals surface area (Å²) in [5, 5.41) is 3.05. The molecular formula is C15H23NO4S. The minimum Gasteiger partial charge on any atom is -0.491 e. The summed E-state index contributed by atoms with van der Waals surface area (Å²) in [6.45, 7) is 1.07. The molecule has 0 heterocycles. The molecule has 2 rings (SSSR count). The molecule has 6 heteroatoms. The van der Waals surface area contributed by atoms with E-state index < -0.39 is 9.84 Å². The second kappa shape index (κ2) is 7.13. The number of hydrogen-bond acceptors (Lipinski definition) is 5. The number of methoxy groups -OCH3 is 1. The third-order valence-corrected chi connectivity index (χ3v) is 5.43. The number of ether oxygens (including phenoxy) is 2. The maximum absolute atomic E-state index is 11.8. The summed E-state index contributed by atoms with van der Waals surface area (Å²) in [6.07, 6.45) is 3.91. The van der Waals surface area contributed by atoms with Crippen LogP contribution in [0.3, 0.4) is 0 Å². The molecule has 1 N–H and O–H groups in total. The fourth-order valence-electron chi connectivity index (χ4n) is 2.71. The van der Waals surface area contributed by atoms with Crippen LogP contribution in [0.15, 0.2) is 24.3 Å². The molecule has 0 amide bonds. The molecule has 1 saturated carbocycles. The van der Waals surface area contributed by atoms with Crippen molar-refractivity contribution >= 4 is 15.5 Å². The Bertz CT molecular complexity index is 541. The van der Waals surface area contributed by atoms with Crippen molar-refractivity contribution in [3.05, 3.63) is 24.3 Å². The van der Waals surface area contributed by atoms with E-state index >= 15 is 0 Å². The van der Waals surface area contributed by atoms with Crippen LogP contribution in [0.1, 0.15) is 19.3 Å². The minimum absolute atomic E-state index is 0.000241. The summed E-state index contributed by atoms with van der Waals surface area (Å²) in [5.74, 6) is 0.781. The van der Waals surface area contributed by atoms with Crippen LogP contribution in [-0.4, -0.2) is 46.3 Å². The molecule has 118 valence electrons. The van der Waals surface area contributed by atoms with Crippen molar-refractivity contribution in [3.63, 3.8) is 0 Å². The molecule has 1 aromatic rings. The third kappa shape index (κ3) is 4.61. The first kappa shape index (κ1) is 16.1. The molecule has 2 atom stereocenters. The molecule has 1 fully saturated rings. The van der Waals surface area contributed by atoms with E-state index in [0.29, 0.717) is 13.2 Å². The third-order valence-electron chi connectivity index (χ3n) is 3.77. The molecule has 0 spiro atoms. The Morgan fingerprint density at radius 3 is 2.52 bits per heavy atom. The van der Waals surface area contributed by atoms with Crippen LogP contribution in [0.5, 0.6) is 5.75 Å². The highest BCUT2D eigenvalue weighted by Crippen LogP contribution is 2.28. The average Bonchev–Trinajstić information content (AvgIpc) is 2.89. The fourth-order valence-corrected chi connectivity index (χ4v) is 4.10. The Morgan fingerprint density at radius 2 is 1.90 bits per heavy atom. The molecule has 0 saturated heterocycles. The van der Waals surface area contributed by atoms with Crippen molar-refractivity contribution in [2.45, 2.75) is 30.6 Å². The summed E-state index contributed by atoms with van der Waals surface area (Å²) in [7, 11) is -1.36. The van der Waals surface area contributed by atoms with Crippen molar-refractivity contribution in [1.82, 2.24) is 0 Å². The largest absolute Gasteiger partial charge is 0.491 e. The van der Waals surface area contributed by atoms with E-state index in [1.54, 1.807) is 7.11 Å². The number of sulfone groups is 1. The minimum atomic E-state index is -3.00. The van der Waals surface area contributed by atoms with Crippen LogP contribution in [0.2, 0.25) is 0 Å². The van der Waals surface area contributed by atoms with E-state index in [2.05, 4.69) is 5.32 Å². The van der Waals surface area contributed by atoms with Crippen LogP contribution in [0, 0.1) is 0 Å².